The van der Waals surface area contributed by atoms with E-state index in [1.54, 1.807) is 29.2 Å². The van der Waals surface area contributed by atoms with Gasteiger partial charge in [-0.1, -0.05) is 11.6 Å². The van der Waals surface area contributed by atoms with Crippen molar-refractivity contribution in [2.75, 3.05) is 26.2 Å². The number of carbonyl (C=O) groups excluding carboxylic acids is 2. The maximum absolute atomic E-state index is 12.5. The van der Waals surface area contributed by atoms with Crippen molar-refractivity contribution < 1.29 is 9.59 Å². The lowest BCUT2D eigenvalue weighted by atomic mass is 9.96. The van der Waals surface area contributed by atoms with Crippen LogP contribution in [-0.4, -0.2) is 42.9 Å². The molecule has 1 saturated heterocycles. The topological polar surface area (TPSA) is 75.4 Å². The van der Waals surface area contributed by atoms with Crippen molar-refractivity contribution in [2.45, 2.75) is 19.3 Å². The first-order valence-corrected chi connectivity index (χ1v) is 8.02. The van der Waals surface area contributed by atoms with Crippen LogP contribution in [0.3, 0.4) is 0 Å². The average Bonchev–Trinajstić information content (AvgIpc) is 2.55. The highest BCUT2D eigenvalue weighted by molar-refractivity contribution is 6.30. The number of rotatable bonds is 5. The summed E-state index contributed by atoms with van der Waals surface area (Å²) >= 11 is 5.84. The van der Waals surface area contributed by atoms with Crippen molar-refractivity contribution in [3.8, 4) is 0 Å². The van der Waals surface area contributed by atoms with Gasteiger partial charge < -0.3 is 16.0 Å². The minimum absolute atomic E-state index is 0.0158. The van der Waals surface area contributed by atoms with E-state index in [4.69, 9.17) is 17.3 Å². The minimum atomic E-state index is -0.136. The minimum Gasteiger partial charge on any atom is -0.356 e. The highest BCUT2D eigenvalue weighted by Crippen LogP contribution is 2.19. The molecule has 2 amide bonds. The van der Waals surface area contributed by atoms with Gasteiger partial charge in [-0.05, 0) is 50.1 Å². The van der Waals surface area contributed by atoms with Crippen molar-refractivity contribution in [3.63, 3.8) is 0 Å². The first kappa shape index (κ1) is 16.8. The van der Waals surface area contributed by atoms with Gasteiger partial charge in [0.05, 0.1) is 5.92 Å². The van der Waals surface area contributed by atoms with Crippen molar-refractivity contribution in [2.24, 2.45) is 11.7 Å². The second-order valence-corrected chi connectivity index (χ2v) is 5.97. The molecule has 0 spiro atoms. The molecule has 1 atom stereocenters. The van der Waals surface area contributed by atoms with Gasteiger partial charge in [0.15, 0.2) is 0 Å². The molecule has 3 N–H and O–H groups in total. The monoisotopic (exact) mass is 323 g/mol. The molecule has 6 heteroatoms. The van der Waals surface area contributed by atoms with E-state index in [1.807, 2.05) is 0 Å². The summed E-state index contributed by atoms with van der Waals surface area (Å²) in [7, 11) is 0. The van der Waals surface area contributed by atoms with Crippen LogP contribution in [0.25, 0.3) is 0 Å². The largest absolute Gasteiger partial charge is 0.356 e. The lowest BCUT2D eigenvalue weighted by Gasteiger charge is -2.32. The number of piperidine rings is 1. The standard InChI is InChI=1S/C16H22ClN3O2/c17-14-6-4-12(5-7-14)16(22)20-10-1-3-13(11-20)15(21)19-9-2-8-18/h4-7,13H,1-3,8-11,18H2,(H,19,21). The number of nitrogens with one attached hydrogen (secondary N) is 1. The van der Waals surface area contributed by atoms with Gasteiger partial charge in [0.2, 0.25) is 5.91 Å². The number of benzene rings is 1. The third-order valence-electron chi connectivity index (χ3n) is 3.85. The van der Waals surface area contributed by atoms with Crippen LogP contribution >= 0.6 is 11.6 Å². The lowest BCUT2D eigenvalue weighted by molar-refractivity contribution is -0.126. The van der Waals surface area contributed by atoms with Crippen LogP contribution < -0.4 is 11.1 Å². The number of carbonyl (C=O) groups is 2. The number of hydrogen-bond acceptors (Lipinski definition) is 3. The van der Waals surface area contributed by atoms with Gasteiger partial charge in [-0.2, -0.15) is 0 Å². The zero-order valence-electron chi connectivity index (χ0n) is 12.6. The van der Waals surface area contributed by atoms with E-state index in [1.165, 1.54) is 0 Å². The Bertz CT molecular complexity index is 519. The molecule has 120 valence electrons. The quantitative estimate of drug-likeness (QED) is 0.809. The number of nitrogens with zero attached hydrogens (tertiary/aromatic N) is 1. The van der Waals surface area contributed by atoms with E-state index in [2.05, 4.69) is 5.32 Å². The van der Waals surface area contributed by atoms with Crippen molar-refractivity contribution in [1.82, 2.24) is 10.2 Å². The summed E-state index contributed by atoms with van der Waals surface area (Å²) in [6, 6.07) is 6.84. The molecule has 0 bridgehead atoms. The van der Waals surface area contributed by atoms with Crippen LogP contribution in [0.2, 0.25) is 5.02 Å². The number of likely N-dealkylation sites (tertiary alicyclic amines) is 1. The summed E-state index contributed by atoms with van der Waals surface area (Å²) in [4.78, 5) is 26.3. The maximum Gasteiger partial charge on any atom is 0.253 e. The lowest BCUT2D eigenvalue weighted by Crippen LogP contribution is -2.45. The summed E-state index contributed by atoms with van der Waals surface area (Å²) in [5, 5.41) is 3.49. The van der Waals surface area contributed by atoms with Gasteiger partial charge in [0, 0.05) is 30.2 Å². The molecule has 22 heavy (non-hydrogen) atoms. The first-order valence-electron chi connectivity index (χ1n) is 7.64. The Morgan fingerprint density at radius 2 is 2.05 bits per heavy atom. The molecule has 5 nitrogen and oxygen atoms in total. The molecule has 2 rings (SSSR count). The Balaban J connectivity index is 1.93. The maximum atomic E-state index is 12.5. The van der Waals surface area contributed by atoms with E-state index >= 15 is 0 Å². The van der Waals surface area contributed by atoms with Gasteiger partial charge in [-0.15, -0.1) is 0 Å². The highest BCUT2D eigenvalue weighted by atomic mass is 35.5. The summed E-state index contributed by atoms with van der Waals surface area (Å²) in [5.41, 5.74) is 6.02. The van der Waals surface area contributed by atoms with Crippen LogP contribution in [0.5, 0.6) is 0 Å². The molecule has 0 saturated carbocycles. The fourth-order valence-electron chi connectivity index (χ4n) is 2.61. The van der Waals surface area contributed by atoms with E-state index in [9.17, 15) is 9.59 Å². The third kappa shape index (κ3) is 4.45. The second kappa shape index (κ2) is 8.15. The summed E-state index contributed by atoms with van der Waals surface area (Å²) in [6.45, 7) is 2.31. The van der Waals surface area contributed by atoms with Gasteiger partial charge in [0.1, 0.15) is 0 Å². The summed E-state index contributed by atoms with van der Waals surface area (Å²) in [5.74, 6) is -0.166. The molecule has 1 fully saturated rings. The molecule has 1 heterocycles. The molecule has 0 aromatic heterocycles. The van der Waals surface area contributed by atoms with Crippen molar-refractivity contribution >= 4 is 23.4 Å². The van der Waals surface area contributed by atoms with Gasteiger partial charge in [0.25, 0.3) is 5.91 Å². The van der Waals surface area contributed by atoms with E-state index in [0.29, 0.717) is 36.8 Å². The Morgan fingerprint density at radius 3 is 2.73 bits per heavy atom. The normalized spacial score (nSPS) is 18.1. The van der Waals surface area contributed by atoms with Gasteiger partial charge in [-0.3, -0.25) is 9.59 Å². The molecule has 1 aromatic rings. The fourth-order valence-corrected chi connectivity index (χ4v) is 2.73. The predicted octanol–water partition coefficient (Wildman–Crippen LogP) is 1.66. The van der Waals surface area contributed by atoms with Crippen LogP contribution in [-0.2, 0) is 4.79 Å². The molecular formula is C16H22ClN3O2. The predicted molar refractivity (Wildman–Crippen MR) is 86.8 cm³/mol. The molecular weight excluding hydrogens is 302 g/mol. The van der Waals surface area contributed by atoms with Crippen molar-refractivity contribution in [3.05, 3.63) is 34.9 Å². The van der Waals surface area contributed by atoms with E-state index in [-0.39, 0.29) is 17.7 Å². The highest BCUT2D eigenvalue weighted by Gasteiger charge is 2.28. The van der Waals surface area contributed by atoms with Crippen LogP contribution in [0.1, 0.15) is 29.6 Å². The summed E-state index contributed by atoms with van der Waals surface area (Å²) < 4.78 is 0. The second-order valence-electron chi connectivity index (χ2n) is 5.53. The zero-order chi connectivity index (χ0) is 15.9. The van der Waals surface area contributed by atoms with Crippen LogP contribution in [0, 0.1) is 5.92 Å². The number of amides is 2. The third-order valence-corrected chi connectivity index (χ3v) is 4.10. The van der Waals surface area contributed by atoms with E-state index < -0.39 is 0 Å². The van der Waals surface area contributed by atoms with Crippen LogP contribution in [0.4, 0.5) is 0 Å². The Labute approximate surface area is 135 Å². The van der Waals surface area contributed by atoms with E-state index in [0.717, 1.165) is 19.3 Å². The Hall–Kier alpha value is -1.59. The molecule has 0 radical (unpaired) electrons. The molecule has 1 aliphatic rings. The van der Waals surface area contributed by atoms with Crippen molar-refractivity contribution in [1.29, 1.82) is 0 Å². The number of halogens is 1. The zero-order valence-corrected chi connectivity index (χ0v) is 13.3. The number of hydrogen-bond donors (Lipinski definition) is 2. The summed E-state index contributed by atoms with van der Waals surface area (Å²) in [6.07, 6.45) is 2.43. The molecule has 1 unspecified atom stereocenters. The average molecular weight is 324 g/mol. The Morgan fingerprint density at radius 1 is 1.32 bits per heavy atom. The molecule has 1 aromatic carbocycles. The molecule has 1 aliphatic heterocycles. The number of nitrogens with two attached hydrogens (primary N) is 1. The fraction of sp³-hybridized carbons (Fsp3) is 0.500. The molecule has 0 aliphatic carbocycles. The van der Waals surface area contributed by atoms with Gasteiger partial charge >= 0.3 is 0 Å². The first-order chi connectivity index (χ1) is 10.6. The van der Waals surface area contributed by atoms with Gasteiger partial charge in [-0.25, -0.2) is 0 Å². The van der Waals surface area contributed by atoms with Crippen LogP contribution in [0.15, 0.2) is 24.3 Å². The Kier molecular flexibility index (Phi) is 6.21. The smallest absolute Gasteiger partial charge is 0.253 e. The SMILES string of the molecule is NCCCNC(=O)C1CCCN(C(=O)c2ccc(Cl)cc2)C1.